The summed E-state index contributed by atoms with van der Waals surface area (Å²) in [5.41, 5.74) is 6.72. The highest BCUT2D eigenvalue weighted by molar-refractivity contribution is 8.12. The molecule has 21 heavy (non-hydrogen) atoms. The standard InChI is InChI=1S/C17H19NS3/c1-11-7-5-9-15(13(11)3)18(21,17(19)20)16-10-6-8-12(2)14(16)4/h5-10H,1-4H3,(H,19,20). The van der Waals surface area contributed by atoms with Gasteiger partial charge in [-0.05, 0) is 63.2 Å². The molecule has 0 aliphatic rings. The van der Waals surface area contributed by atoms with Crippen molar-refractivity contribution in [3.8, 4) is 0 Å². The molecule has 0 aliphatic carbocycles. The number of hydrogen-bond donors (Lipinski definition) is 1. The minimum atomic E-state index is 0.0273. The first-order valence-corrected chi connectivity index (χ1v) is 7.99. The lowest BCUT2D eigenvalue weighted by molar-refractivity contribution is 0.896. The van der Waals surface area contributed by atoms with Gasteiger partial charge in [-0.25, -0.2) is 0 Å². The maximum Gasteiger partial charge on any atom is 0.222 e. The Balaban J connectivity index is 2.81. The summed E-state index contributed by atoms with van der Waals surface area (Å²) in [5, 5.41) is 0. The zero-order chi connectivity index (χ0) is 15.8. The molecule has 1 nitrogen and oxygen atoms in total. The van der Waals surface area contributed by atoms with Crippen LogP contribution in [0, 0.1) is 27.7 Å². The van der Waals surface area contributed by atoms with Crippen molar-refractivity contribution in [2.45, 2.75) is 27.7 Å². The number of quaternary nitrogens is 1. The van der Waals surface area contributed by atoms with Gasteiger partial charge in [-0.3, -0.25) is 0 Å². The van der Waals surface area contributed by atoms with Crippen molar-refractivity contribution >= 4 is 53.4 Å². The molecule has 0 spiro atoms. The van der Waals surface area contributed by atoms with Crippen LogP contribution in [0.2, 0.25) is 0 Å². The van der Waals surface area contributed by atoms with Crippen molar-refractivity contribution < 1.29 is 0 Å². The Bertz CT molecular complexity index is 656. The molecule has 0 heterocycles. The molecule has 0 fully saturated rings. The summed E-state index contributed by atoms with van der Waals surface area (Å²) in [6.07, 6.45) is 0. The summed E-state index contributed by atoms with van der Waals surface area (Å²) in [5.74, 6) is 0. The van der Waals surface area contributed by atoms with Gasteiger partial charge in [0.25, 0.3) is 0 Å². The maximum atomic E-state index is 5.97. The van der Waals surface area contributed by atoms with E-state index in [1.807, 2.05) is 24.3 Å². The summed E-state index contributed by atoms with van der Waals surface area (Å²) < 4.78 is 0.492. The first kappa shape index (κ1) is 16.6. The quantitative estimate of drug-likeness (QED) is 0.346. The Morgan fingerprint density at radius 2 is 1.29 bits per heavy atom. The van der Waals surface area contributed by atoms with Gasteiger partial charge in [-0.1, -0.05) is 36.9 Å². The molecule has 0 amide bonds. The van der Waals surface area contributed by atoms with E-state index in [1.165, 1.54) is 11.1 Å². The van der Waals surface area contributed by atoms with Crippen LogP contribution < -0.4 is 3.89 Å². The first-order chi connectivity index (χ1) is 9.80. The molecule has 0 bridgehead atoms. The Kier molecular flexibility index (Phi) is 4.83. The van der Waals surface area contributed by atoms with E-state index in [2.05, 4.69) is 52.5 Å². The lowest BCUT2D eigenvalue weighted by Crippen LogP contribution is -2.41. The van der Waals surface area contributed by atoms with Crippen molar-refractivity contribution in [1.29, 1.82) is 0 Å². The fourth-order valence-electron chi connectivity index (χ4n) is 2.49. The third-order valence-corrected chi connectivity index (χ3v) is 5.50. The molecule has 110 valence electrons. The Labute approximate surface area is 143 Å². The second kappa shape index (κ2) is 6.13. The third kappa shape index (κ3) is 2.78. The molecule has 2 aromatic rings. The summed E-state index contributed by atoms with van der Waals surface area (Å²) in [4.78, 5) is 0. The van der Waals surface area contributed by atoms with Gasteiger partial charge in [0.1, 0.15) is 11.4 Å². The van der Waals surface area contributed by atoms with E-state index in [1.54, 1.807) is 0 Å². The average molecular weight is 334 g/mol. The normalized spacial score (nSPS) is 11.5. The minimum absolute atomic E-state index is 0.0273. The highest BCUT2D eigenvalue weighted by atomic mass is 32.1. The summed E-state index contributed by atoms with van der Waals surface area (Å²) >= 11 is 15.9. The van der Waals surface area contributed by atoms with Gasteiger partial charge in [0.2, 0.25) is 4.32 Å². The highest BCUT2D eigenvalue weighted by Crippen LogP contribution is 2.40. The molecular weight excluding hydrogens is 314 g/mol. The van der Waals surface area contributed by atoms with E-state index in [-0.39, 0.29) is 3.89 Å². The van der Waals surface area contributed by atoms with Gasteiger partial charge >= 0.3 is 0 Å². The molecule has 0 unspecified atom stereocenters. The van der Waals surface area contributed by atoms with Crippen molar-refractivity contribution in [2.24, 2.45) is 0 Å². The second-order valence-electron chi connectivity index (χ2n) is 5.33. The van der Waals surface area contributed by atoms with Crippen LogP contribution in [0.25, 0.3) is 0 Å². The fraction of sp³-hybridized carbons (Fsp3) is 0.235. The SMILES string of the molecule is Cc1cccc([N+]([S-])(C(=S)S)c2cccc(C)c2C)c1C. The summed E-state index contributed by atoms with van der Waals surface area (Å²) in [6, 6.07) is 12.3. The fourth-order valence-corrected chi connectivity index (χ4v) is 3.30. The van der Waals surface area contributed by atoms with Gasteiger partial charge in [0, 0.05) is 11.1 Å². The van der Waals surface area contributed by atoms with Crippen LogP contribution in [0.15, 0.2) is 36.4 Å². The number of rotatable bonds is 2. The number of aryl methyl sites for hydroxylation is 2. The number of thiocarbonyl (C=S) groups is 1. The highest BCUT2D eigenvalue weighted by Gasteiger charge is 2.29. The van der Waals surface area contributed by atoms with E-state index in [4.69, 9.17) is 25.0 Å². The summed E-state index contributed by atoms with van der Waals surface area (Å²) in [7, 11) is 0. The van der Waals surface area contributed by atoms with Gasteiger partial charge in [-0.15, -0.1) is 0 Å². The van der Waals surface area contributed by atoms with Crippen LogP contribution in [0.3, 0.4) is 0 Å². The van der Waals surface area contributed by atoms with E-state index in [0.717, 1.165) is 22.5 Å². The van der Waals surface area contributed by atoms with Crippen LogP contribution in [0.1, 0.15) is 22.3 Å². The summed E-state index contributed by atoms with van der Waals surface area (Å²) in [6.45, 7) is 8.34. The van der Waals surface area contributed by atoms with Gasteiger partial charge in [0.05, 0.1) is 0 Å². The molecule has 0 saturated carbocycles. The molecule has 0 saturated heterocycles. The molecule has 0 N–H and O–H groups in total. The van der Waals surface area contributed by atoms with Crippen molar-refractivity contribution in [3.05, 3.63) is 58.7 Å². The van der Waals surface area contributed by atoms with Crippen LogP contribution in [-0.4, -0.2) is 4.32 Å². The van der Waals surface area contributed by atoms with Gasteiger partial charge in [0.15, 0.2) is 0 Å². The van der Waals surface area contributed by atoms with Crippen molar-refractivity contribution in [3.63, 3.8) is 0 Å². The third-order valence-electron chi connectivity index (χ3n) is 4.10. The first-order valence-electron chi connectivity index (χ1n) is 6.77. The largest absolute Gasteiger partial charge is 0.474 e. The lowest BCUT2D eigenvalue weighted by Gasteiger charge is -2.43. The molecule has 2 rings (SSSR count). The number of thiol groups is 1. The minimum Gasteiger partial charge on any atom is -0.474 e. The smallest absolute Gasteiger partial charge is 0.222 e. The van der Waals surface area contributed by atoms with Crippen LogP contribution in [0.5, 0.6) is 0 Å². The Morgan fingerprint density at radius 1 is 0.905 bits per heavy atom. The number of hydrogen-bond acceptors (Lipinski definition) is 2. The lowest BCUT2D eigenvalue weighted by atomic mass is 10.0. The van der Waals surface area contributed by atoms with E-state index >= 15 is 0 Å². The molecule has 0 aromatic heterocycles. The predicted octanol–water partition coefficient (Wildman–Crippen LogP) is 5.24. The Hall–Kier alpha value is -0.810. The topological polar surface area (TPSA) is 0 Å². The van der Waals surface area contributed by atoms with Crippen LogP contribution in [-0.2, 0) is 12.8 Å². The van der Waals surface area contributed by atoms with Gasteiger partial charge < -0.3 is 16.7 Å². The molecule has 0 atom stereocenters. The predicted molar refractivity (Wildman–Crippen MR) is 102 cm³/mol. The van der Waals surface area contributed by atoms with Crippen molar-refractivity contribution in [2.75, 3.05) is 0 Å². The van der Waals surface area contributed by atoms with Crippen LogP contribution in [0.4, 0.5) is 11.4 Å². The molecule has 2 aromatic carbocycles. The molecular formula is C17H19NS3. The maximum absolute atomic E-state index is 5.97. The average Bonchev–Trinajstić information content (AvgIpc) is 2.44. The van der Waals surface area contributed by atoms with E-state index in [0.29, 0.717) is 4.32 Å². The van der Waals surface area contributed by atoms with Crippen molar-refractivity contribution in [1.82, 2.24) is 3.89 Å². The molecule has 0 radical (unpaired) electrons. The van der Waals surface area contributed by atoms with E-state index < -0.39 is 0 Å². The molecule has 4 heteroatoms. The zero-order valence-electron chi connectivity index (χ0n) is 12.7. The zero-order valence-corrected chi connectivity index (χ0v) is 15.2. The number of nitrogens with zero attached hydrogens (tertiary/aromatic N) is 1. The second-order valence-corrected chi connectivity index (χ2v) is 6.99. The monoisotopic (exact) mass is 333 g/mol. The Morgan fingerprint density at radius 3 is 1.62 bits per heavy atom. The molecule has 0 aliphatic heterocycles. The van der Waals surface area contributed by atoms with Crippen LogP contribution >= 0.6 is 24.8 Å². The van der Waals surface area contributed by atoms with Gasteiger partial charge in [-0.2, -0.15) is 0 Å². The number of benzene rings is 2. The van der Waals surface area contributed by atoms with E-state index in [9.17, 15) is 0 Å².